The van der Waals surface area contributed by atoms with Crippen molar-refractivity contribution in [2.45, 2.75) is 37.1 Å². The molecule has 0 saturated carbocycles. The number of hydrogen-bond donors (Lipinski definition) is 2. The summed E-state index contributed by atoms with van der Waals surface area (Å²) in [6.07, 6.45) is 3.26. The summed E-state index contributed by atoms with van der Waals surface area (Å²) in [5, 5.41) is 4.91. The van der Waals surface area contributed by atoms with Crippen molar-refractivity contribution in [1.82, 2.24) is 15.2 Å². The highest BCUT2D eigenvalue weighted by atomic mass is 32.2. The molecule has 1 saturated heterocycles. The summed E-state index contributed by atoms with van der Waals surface area (Å²) in [4.78, 5) is 3.00. The summed E-state index contributed by atoms with van der Waals surface area (Å²) in [5.74, 6) is 0. The van der Waals surface area contributed by atoms with Gasteiger partial charge < -0.3 is 5.32 Å². The Bertz CT molecular complexity index is 539. The van der Waals surface area contributed by atoms with Crippen molar-refractivity contribution in [1.29, 1.82) is 0 Å². The Morgan fingerprint density at radius 3 is 2.55 bits per heavy atom. The zero-order valence-electron chi connectivity index (χ0n) is 12.1. The third kappa shape index (κ3) is 3.79. The molecule has 0 aliphatic carbocycles. The average Bonchev–Trinajstić information content (AvgIpc) is 2.47. The minimum Gasteiger partial charge on any atom is -0.313 e. The molecule has 1 aliphatic rings. The molecule has 1 unspecified atom stereocenters. The van der Waals surface area contributed by atoms with Crippen LogP contribution < -0.4 is 10.1 Å². The Kier molecular flexibility index (Phi) is 5.15. The number of sulfonamides is 1. The molecule has 0 spiro atoms. The Balaban J connectivity index is 2.16. The van der Waals surface area contributed by atoms with Crippen LogP contribution in [0, 0.1) is 0 Å². The molecule has 1 aliphatic heterocycles. The van der Waals surface area contributed by atoms with Crippen LogP contribution in [0.2, 0.25) is 0 Å². The third-order valence-electron chi connectivity index (χ3n) is 3.71. The van der Waals surface area contributed by atoms with Crippen molar-refractivity contribution in [2.75, 3.05) is 20.1 Å². The van der Waals surface area contributed by atoms with E-state index in [-0.39, 0.29) is 6.04 Å². The van der Waals surface area contributed by atoms with Crippen LogP contribution in [0.4, 0.5) is 0 Å². The number of rotatable bonds is 5. The zero-order valence-corrected chi connectivity index (χ0v) is 12.9. The molecular formula is C14H23N3O2S. The first-order valence-corrected chi connectivity index (χ1v) is 8.56. The molecule has 1 heterocycles. The molecule has 1 fully saturated rings. The molecule has 112 valence electrons. The van der Waals surface area contributed by atoms with Crippen molar-refractivity contribution in [3.8, 4) is 0 Å². The van der Waals surface area contributed by atoms with Gasteiger partial charge in [-0.1, -0.05) is 18.6 Å². The molecule has 1 aromatic carbocycles. The molecule has 5 nitrogen and oxygen atoms in total. The van der Waals surface area contributed by atoms with Crippen LogP contribution in [0.5, 0.6) is 0 Å². The zero-order chi connectivity index (χ0) is 14.6. The first-order valence-electron chi connectivity index (χ1n) is 7.07. The number of hydrogen-bond acceptors (Lipinski definition) is 4. The number of hydrazine groups is 1. The van der Waals surface area contributed by atoms with Gasteiger partial charge in [-0.15, -0.1) is 4.83 Å². The van der Waals surface area contributed by atoms with E-state index in [4.69, 9.17) is 0 Å². The molecule has 2 N–H and O–H groups in total. The highest BCUT2D eigenvalue weighted by Gasteiger charge is 2.20. The van der Waals surface area contributed by atoms with E-state index in [1.165, 1.54) is 6.42 Å². The average molecular weight is 297 g/mol. The van der Waals surface area contributed by atoms with Crippen molar-refractivity contribution in [3.63, 3.8) is 0 Å². The summed E-state index contributed by atoms with van der Waals surface area (Å²) in [5.41, 5.74) is 0.967. The van der Waals surface area contributed by atoms with Gasteiger partial charge in [-0.3, -0.25) is 0 Å². The Morgan fingerprint density at radius 2 is 1.90 bits per heavy atom. The molecule has 1 atom stereocenters. The molecular weight excluding hydrogens is 274 g/mol. The van der Waals surface area contributed by atoms with Crippen molar-refractivity contribution in [3.05, 3.63) is 29.8 Å². The van der Waals surface area contributed by atoms with Crippen LogP contribution in [0.1, 0.15) is 37.8 Å². The maximum Gasteiger partial charge on any atom is 0.253 e. The number of nitrogens with zero attached hydrogens (tertiary/aromatic N) is 1. The Hall–Kier alpha value is -0.950. The van der Waals surface area contributed by atoms with Gasteiger partial charge in [0.05, 0.1) is 4.90 Å². The van der Waals surface area contributed by atoms with E-state index in [9.17, 15) is 8.42 Å². The van der Waals surface area contributed by atoms with Crippen molar-refractivity contribution >= 4 is 10.0 Å². The van der Waals surface area contributed by atoms with Crippen LogP contribution >= 0.6 is 0 Å². The molecule has 0 amide bonds. The fraction of sp³-hybridized carbons (Fsp3) is 0.571. The maximum absolute atomic E-state index is 12.4. The summed E-state index contributed by atoms with van der Waals surface area (Å²) in [7, 11) is -1.62. The minimum atomic E-state index is -3.48. The van der Waals surface area contributed by atoms with Crippen LogP contribution in [0.15, 0.2) is 29.2 Å². The van der Waals surface area contributed by atoms with Crippen molar-refractivity contribution in [2.24, 2.45) is 0 Å². The van der Waals surface area contributed by atoms with Crippen LogP contribution in [-0.4, -0.2) is 33.6 Å². The highest BCUT2D eigenvalue weighted by Crippen LogP contribution is 2.18. The lowest BCUT2D eigenvalue weighted by Gasteiger charge is -2.26. The second kappa shape index (κ2) is 6.67. The summed E-state index contributed by atoms with van der Waals surface area (Å²) in [6.45, 7) is 3.57. The van der Waals surface area contributed by atoms with Crippen molar-refractivity contribution < 1.29 is 8.42 Å². The SMILES string of the molecule is CNC(C)c1cccc(S(=O)(=O)NN2CCCCC2)c1. The number of piperidine rings is 1. The van der Waals surface area contributed by atoms with Gasteiger partial charge in [0.1, 0.15) is 0 Å². The number of benzene rings is 1. The molecule has 0 bridgehead atoms. The fourth-order valence-electron chi connectivity index (χ4n) is 2.33. The van der Waals surface area contributed by atoms with E-state index in [1.54, 1.807) is 23.2 Å². The molecule has 6 heteroatoms. The van der Waals surface area contributed by atoms with E-state index in [2.05, 4.69) is 10.1 Å². The molecule has 2 rings (SSSR count). The van der Waals surface area contributed by atoms with E-state index >= 15 is 0 Å². The predicted molar refractivity (Wildman–Crippen MR) is 79.7 cm³/mol. The van der Waals surface area contributed by atoms with Gasteiger partial charge in [0.15, 0.2) is 0 Å². The van der Waals surface area contributed by atoms with E-state index in [1.807, 2.05) is 20.0 Å². The third-order valence-corrected chi connectivity index (χ3v) is 5.08. The molecule has 20 heavy (non-hydrogen) atoms. The molecule has 1 aromatic rings. The lowest BCUT2D eigenvalue weighted by molar-refractivity contribution is 0.200. The van der Waals surface area contributed by atoms with E-state index < -0.39 is 10.0 Å². The van der Waals surface area contributed by atoms with Gasteiger partial charge in [-0.2, -0.15) is 0 Å². The van der Waals surface area contributed by atoms with Gasteiger partial charge in [-0.05, 0) is 44.5 Å². The largest absolute Gasteiger partial charge is 0.313 e. The van der Waals surface area contributed by atoms with Crippen LogP contribution in [-0.2, 0) is 10.0 Å². The van der Waals surface area contributed by atoms with Crippen LogP contribution in [0.3, 0.4) is 0 Å². The second-order valence-corrected chi connectivity index (χ2v) is 6.89. The normalized spacial score (nSPS) is 18.9. The number of nitrogens with one attached hydrogen (secondary N) is 2. The van der Waals surface area contributed by atoms with Crippen LogP contribution in [0.25, 0.3) is 0 Å². The smallest absolute Gasteiger partial charge is 0.253 e. The topological polar surface area (TPSA) is 61.4 Å². The van der Waals surface area contributed by atoms with Gasteiger partial charge in [-0.25, -0.2) is 13.4 Å². The van der Waals surface area contributed by atoms with E-state index in [0.717, 1.165) is 31.5 Å². The predicted octanol–water partition coefficient (Wildman–Crippen LogP) is 1.65. The minimum absolute atomic E-state index is 0.125. The summed E-state index contributed by atoms with van der Waals surface area (Å²) < 4.78 is 24.8. The Labute approximate surface area is 121 Å². The monoisotopic (exact) mass is 297 g/mol. The fourth-order valence-corrected chi connectivity index (χ4v) is 3.50. The molecule has 0 radical (unpaired) electrons. The molecule has 0 aromatic heterocycles. The second-order valence-electron chi connectivity index (χ2n) is 5.23. The summed E-state index contributed by atoms with van der Waals surface area (Å²) >= 11 is 0. The standard InChI is InChI=1S/C14H23N3O2S/c1-12(15-2)13-7-6-8-14(11-13)20(18,19)16-17-9-4-3-5-10-17/h6-8,11-12,15-16H,3-5,9-10H2,1-2H3. The van der Waals surface area contributed by atoms with Gasteiger partial charge in [0.2, 0.25) is 0 Å². The van der Waals surface area contributed by atoms with Gasteiger partial charge >= 0.3 is 0 Å². The quantitative estimate of drug-likeness (QED) is 0.867. The summed E-state index contributed by atoms with van der Waals surface area (Å²) in [6, 6.07) is 7.21. The van der Waals surface area contributed by atoms with Gasteiger partial charge in [0.25, 0.3) is 10.0 Å². The first-order chi connectivity index (χ1) is 9.53. The van der Waals surface area contributed by atoms with E-state index in [0.29, 0.717) is 4.90 Å². The Morgan fingerprint density at radius 1 is 1.20 bits per heavy atom. The maximum atomic E-state index is 12.4. The lowest BCUT2D eigenvalue weighted by atomic mass is 10.1. The highest BCUT2D eigenvalue weighted by molar-refractivity contribution is 7.89. The first kappa shape index (κ1) is 15.4. The van der Waals surface area contributed by atoms with Gasteiger partial charge in [0, 0.05) is 19.1 Å². The lowest BCUT2D eigenvalue weighted by Crippen LogP contribution is -2.44.